The minimum Gasteiger partial charge on any atom is -0.239 e. The molecule has 0 spiro atoms. The zero-order chi connectivity index (χ0) is 10.2. The third-order valence-electron chi connectivity index (χ3n) is 1.59. The summed E-state index contributed by atoms with van der Waals surface area (Å²) in [7, 11) is -1.68. The highest BCUT2D eigenvalue weighted by molar-refractivity contribution is 7.90. The van der Waals surface area contributed by atoms with E-state index in [0.717, 1.165) is 6.26 Å². The quantitative estimate of drug-likeness (QED) is 0.695. The molecule has 0 fully saturated rings. The fourth-order valence-corrected chi connectivity index (χ4v) is 1.74. The van der Waals surface area contributed by atoms with E-state index >= 15 is 0 Å². The van der Waals surface area contributed by atoms with Crippen LogP contribution in [0, 0.1) is 0 Å². The molecule has 1 aromatic heterocycles. The molecule has 1 heterocycles. The molecule has 1 rings (SSSR count). The van der Waals surface area contributed by atoms with E-state index in [9.17, 15) is 8.42 Å². The molecule has 0 amide bonds. The minimum absolute atomic E-state index is 0.0243. The number of sulfone groups is 1. The zero-order valence-corrected chi connectivity index (χ0v) is 8.96. The monoisotopic (exact) mass is 203 g/mol. The van der Waals surface area contributed by atoms with Gasteiger partial charge in [0.1, 0.15) is 0 Å². The zero-order valence-electron chi connectivity index (χ0n) is 8.14. The second kappa shape index (κ2) is 3.10. The number of hydrogen-bond acceptors (Lipinski definition) is 4. The molecule has 1 aromatic rings. The summed E-state index contributed by atoms with van der Waals surface area (Å²) in [5.41, 5.74) is 0. The molecule has 13 heavy (non-hydrogen) atoms. The lowest BCUT2D eigenvalue weighted by Gasteiger charge is -1.93. The van der Waals surface area contributed by atoms with Crippen LogP contribution in [0.4, 0.5) is 0 Å². The first-order valence-electron chi connectivity index (χ1n) is 3.93. The second-order valence-corrected chi connectivity index (χ2v) is 5.21. The van der Waals surface area contributed by atoms with Crippen molar-refractivity contribution in [3.8, 4) is 0 Å². The molecule has 0 aliphatic heterocycles. The number of rotatable bonds is 2. The molecule has 0 radical (unpaired) electrons. The molecule has 5 nitrogen and oxygen atoms in total. The van der Waals surface area contributed by atoms with Gasteiger partial charge in [-0.05, 0) is 0 Å². The summed E-state index contributed by atoms with van der Waals surface area (Å²) in [6, 6.07) is 0. The van der Waals surface area contributed by atoms with Crippen LogP contribution in [0.25, 0.3) is 0 Å². The van der Waals surface area contributed by atoms with Crippen molar-refractivity contribution >= 4 is 9.84 Å². The topological polar surface area (TPSA) is 64.8 Å². The molecule has 74 valence electrons. The summed E-state index contributed by atoms with van der Waals surface area (Å²) in [6.07, 6.45) is 1.13. The summed E-state index contributed by atoms with van der Waals surface area (Å²) in [4.78, 5) is 3.94. The second-order valence-electron chi connectivity index (χ2n) is 3.30. The van der Waals surface area contributed by atoms with E-state index < -0.39 is 9.84 Å². The fraction of sp³-hybridized carbons (Fsp3) is 0.714. The predicted molar refractivity (Wildman–Crippen MR) is 48.2 cm³/mol. The predicted octanol–water partition coefficient (Wildman–Crippen LogP) is 0.342. The summed E-state index contributed by atoms with van der Waals surface area (Å²) >= 11 is 0. The normalized spacial score (nSPS) is 12.4. The maximum absolute atomic E-state index is 11.2. The molecule has 0 aromatic carbocycles. The summed E-state index contributed by atoms with van der Waals surface area (Å²) < 4.78 is 23.6. The van der Waals surface area contributed by atoms with Crippen LogP contribution in [0.5, 0.6) is 0 Å². The van der Waals surface area contributed by atoms with E-state index in [-0.39, 0.29) is 11.1 Å². The van der Waals surface area contributed by atoms with Crippen LogP contribution >= 0.6 is 0 Å². The van der Waals surface area contributed by atoms with Crippen molar-refractivity contribution < 1.29 is 8.42 Å². The summed E-state index contributed by atoms with van der Waals surface area (Å²) in [6.45, 7) is 3.84. The van der Waals surface area contributed by atoms with Gasteiger partial charge in [-0.2, -0.15) is 5.10 Å². The van der Waals surface area contributed by atoms with Gasteiger partial charge in [0, 0.05) is 19.2 Å². The molecule has 0 bridgehead atoms. The molecule has 0 atom stereocenters. The average Bonchev–Trinajstić information content (AvgIpc) is 2.29. The van der Waals surface area contributed by atoms with E-state index in [4.69, 9.17) is 0 Å². The van der Waals surface area contributed by atoms with Crippen molar-refractivity contribution in [2.24, 2.45) is 7.05 Å². The molecule has 0 N–H and O–H groups in total. The lowest BCUT2D eigenvalue weighted by atomic mass is 10.2. The Labute approximate surface area is 77.7 Å². The molecule has 6 heteroatoms. The van der Waals surface area contributed by atoms with Crippen LogP contribution in [0.3, 0.4) is 0 Å². The van der Waals surface area contributed by atoms with Gasteiger partial charge in [-0.15, -0.1) is 0 Å². The van der Waals surface area contributed by atoms with Crippen LogP contribution in [0.15, 0.2) is 5.16 Å². The minimum atomic E-state index is -3.26. The lowest BCUT2D eigenvalue weighted by Crippen LogP contribution is -2.06. The largest absolute Gasteiger partial charge is 0.245 e. The van der Waals surface area contributed by atoms with Crippen molar-refractivity contribution in [2.75, 3.05) is 6.26 Å². The molecule has 0 aliphatic carbocycles. The Kier molecular flexibility index (Phi) is 2.42. The molecule has 0 saturated heterocycles. The van der Waals surface area contributed by atoms with Gasteiger partial charge in [0.05, 0.1) is 0 Å². The van der Waals surface area contributed by atoms with Gasteiger partial charge in [-0.25, -0.2) is 18.1 Å². The summed E-state index contributed by atoms with van der Waals surface area (Å²) in [5.74, 6) is 0.699. The number of hydrogen-bond donors (Lipinski definition) is 0. The van der Waals surface area contributed by atoms with Gasteiger partial charge in [-0.3, -0.25) is 0 Å². The molecular formula is C7H13N3O2S. The van der Waals surface area contributed by atoms with E-state index in [2.05, 4.69) is 10.1 Å². The highest BCUT2D eigenvalue weighted by atomic mass is 32.2. The Morgan fingerprint density at radius 1 is 1.38 bits per heavy atom. The van der Waals surface area contributed by atoms with Gasteiger partial charge < -0.3 is 0 Å². The Morgan fingerprint density at radius 3 is 2.15 bits per heavy atom. The smallest absolute Gasteiger partial charge is 0.239 e. The first-order chi connectivity index (χ1) is 5.82. The average molecular weight is 203 g/mol. The number of nitrogens with zero attached hydrogens (tertiary/aromatic N) is 3. The van der Waals surface area contributed by atoms with Crippen LogP contribution in [-0.2, 0) is 16.9 Å². The van der Waals surface area contributed by atoms with Crippen molar-refractivity contribution in [1.82, 2.24) is 14.8 Å². The Bertz CT molecular complexity index is 405. The third kappa shape index (κ3) is 2.06. The highest BCUT2D eigenvalue weighted by Gasteiger charge is 2.17. The number of aryl methyl sites for hydroxylation is 1. The van der Waals surface area contributed by atoms with Gasteiger partial charge >= 0.3 is 0 Å². The Morgan fingerprint density at radius 2 is 1.92 bits per heavy atom. The van der Waals surface area contributed by atoms with Gasteiger partial charge in [0.2, 0.25) is 15.0 Å². The van der Waals surface area contributed by atoms with E-state index in [1.807, 2.05) is 13.8 Å². The maximum Gasteiger partial charge on any atom is 0.245 e. The van der Waals surface area contributed by atoms with Crippen molar-refractivity contribution in [3.63, 3.8) is 0 Å². The van der Waals surface area contributed by atoms with Crippen LogP contribution in [-0.4, -0.2) is 29.4 Å². The first kappa shape index (κ1) is 10.2. The van der Waals surface area contributed by atoms with Crippen molar-refractivity contribution in [3.05, 3.63) is 5.82 Å². The van der Waals surface area contributed by atoms with Gasteiger partial charge in [-0.1, -0.05) is 13.8 Å². The van der Waals surface area contributed by atoms with Gasteiger partial charge in [0.25, 0.3) is 0 Å². The Balaban J connectivity index is 3.27. The van der Waals surface area contributed by atoms with Gasteiger partial charge in [0.15, 0.2) is 5.82 Å². The Hall–Kier alpha value is -0.910. The SMILES string of the molecule is CC(C)c1nc(S(C)(=O)=O)n(C)n1. The molecule has 0 aliphatic rings. The molecular weight excluding hydrogens is 190 g/mol. The van der Waals surface area contributed by atoms with Crippen LogP contribution in [0.2, 0.25) is 0 Å². The van der Waals surface area contributed by atoms with Crippen LogP contribution in [0.1, 0.15) is 25.6 Å². The van der Waals surface area contributed by atoms with E-state index in [1.54, 1.807) is 7.05 Å². The van der Waals surface area contributed by atoms with Crippen molar-refractivity contribution in [2.45, 2.75) is 24.9 Å². The highest BCUT2D eigenvalue weighted by Crippen LogP contribution is 2.12. The third-order valence-corrected chi connectivity index (χ3v) is 2.61. The van der Waals surface area contributed by atoms with Crippen molar-refractivity contribution in [1.29, 1.82) is 0 Å². The molecule has 0 saturated carbocycles. The standard InChI is InChI=1S/C7H13N3O2S/c1-5(2)6-8-7(10(3)9-6)13(4,11)12/h5H,1-4H3. The lowest BCUT2D eigenvalue weighted by molar-refractivity contribution is 0.575. The summed E-state index contributed by atoms with van der Waals surface area (Å²) in [5, 5.41) is 4.03. The van der Waals surface area contributed by atoms with E-state index in [0.29, 0.717) is 5.82 Å². The fourth-order valence-electron chi connectivity index (χ4n) is 0.957. The molecule has 0 unspecified atom stereocenters. The number of aromatic nitrogens is 3. The maximum atomic E-state index is 11.2. The van der Waals surface area contributed by atoms with Crippen LogP contribution < -0.4 is 0 Å². The first-order valence-corrected chi connectivity index (χ1v) is 5.82. The van der Waals surface area contributed by atoms with E-state index in [1.165, 1.54) is 4.68 Å².